The average molecular weight is 209 g/mol. The first-order valence-corrected chi connectivity index (χ1v) is 5.01. The van der Waals surface area contributed by atoms with E-state index in [9.17, 15) is 0 Å². The predicted molar refractivity (Wildman–Crippen MR) is 63.7 cm³/mol. The summed E-state index contributed by atoms with van der Waals surface area (Å²) in [7, 11) is 1.90. The maximum absolute atomic E-state index is 5.42. The average Bonchev–Trinajstić information content (AvgIpc) is 2.17. The van der Waals surface area contributed by atoms with Crippen LogP contribution >= 0.6 is 12.2 Å². The van der Waals surface area contributed by atoms with E-state index in [2.05, 4.69) is 0 Å². The van der Waals surface area contributed by atoms with Crippen LogP contribution in [0.25, 0.3) is 0 Å². The molecule has 0 aliphatic heterocycles. The number of nitrogens with zero attached hydrogens (tertiary/aromatic N) is 1. The molecular formula is C11H15NOS. The summed E-state index contributed by atoms with van der Waals surface area (Å²) in [5, 5.41) is 0.506. The third-order valence-electron chi connectivity index (χ3n) is 1.75. The van der Waals surface area contributed by atoms with Crippen molar-refractivity contribution in [3.05, 3.63) is 30.3 Å². The Balaban J connectivity index is 2.66. The van der Waals surface area contributed by atoms with Gasteiger partial charge >= 0.3 is 0 Å². The normalized spacial score (nSPS) is 10.0. The standard InChI is InChI=1S/C11H15NOS/c1-9(2)13-11(14)12(3)10-7-5-4-6-8-10/h4-9H,1-3H3. The molecule has 1 aromatic rings. The van der Waals surface area contributed by atoms with Gasteiger partial charge in [0.1, 0.15) is 0 Å². The van der Waals surface area contributed by atoms with E-state index in [4.69, 9.17) is 17.0 Å². The van der Waals surface area contributed by atoms with E-state index in [-0.39, 0.29) is 6.10 Å². The SMILES string of the molecule is CC(C)OC(=S)N(C)c1ccccc1. The number of para-hydroxylation sites is 1. The van der Waals surface area contributed by atoms with Gasteiger partial charge in [-0.25, -0.2) is 0 Å². The maximum atomic E-state index is 5.42. The van der Waals surface area contributed by atoms with Crippen molar-refractivity contribution in [2.75, 3.05) is 11.9 Å². The van der Waals surface area contributed by atoms with Crippen LogP contribution in [0.2, 0.25) is 0 Å². The summed E-state index contributed by atoms with van der Waals surface area (Å²) >= 11 is 5.14. The van der Waals surface area contributed by atoms with Crippen molar-refractivity contribution in [2.45, 2.75) is 20.0 Å². The van der Waals surface area contributed by atoms with Gasteiger partial charge in [-0.1, -0.05) is 18.2 Å². The van der Waals surface area contributed by atoms with E-state index in [0.29, 0.717) is 5.17 Å². The van der Waals surface area contributed by atoms with Crippen molar-refractivity contribution in [3.8, 4) is 0 Å². The zero-order valence-corrected chi connectivity index (χ0v) is 9.54. The molecule has 76 valence electrons. The van der Waals surface area contributed by atoms with Gasteiger partial charge in [-0.3, -0.25) is 0 Å². The zero-order valence-electron chi connectivity index (χ0n) is 8.73. The van der Waals surface area contributed by atoms with Gasteiger partial charge < -0.3 is 9.64 Å². The number of thiocarbonyl (C=S) groups is 1. The molecule has 0 spiro atoms. The molecule has 2 nitrogen and oxygen atoms in total. The van der Waals surface area contributed by atoms with Crippen LogP contribution in [0.15, 0.2) is 30.3 Å². The zero-order chi connectivity index (χ0) is 10.6. The minimum Gasteiger partial charge on any atom is -0.468 e. The number of hydrogen-bond acceptors (Lipinski definition) is 2. The summed E-state index contributed by atoms with van der Waals surface area (Å²) in [6.07, 6.45) is 0.119. The molecule has 0 saturated heterocycles. The molecule has 0 fully saturated rings. The molecule has 0 unspecified atom stereocenters. The molecule has 0 heterocycles. The summed E-state index contributed by atoms with van der Waals surface area (Å²) in [5.74, 6) is 0. The highest BCUT2D eigenvalue weighted by atomic mass is 32.1. The molecule has 0 bridgehead atoms. The van der Waals surface area contributed by atoms with Crippen LogP contribution in [-0.4, -0.2) is 18.3 Å². The number of benzene rings is 1. The lowest BCUT2D eigenvalue weighted by Crippen LogP contribution is -2.28. The van der Waals surface area contributed by atoms with E-state index in [1.54, 1.807) is 0 Å². The topological polar surface area (TPSA) is 12.5 Å². The molecule has 0 atom stereocenters. The Labute approximate surface area is 90.5 Å². The highest BCUT2D eigenvalue weighted by molar-refractivity contribution is 7.80. The van der Waals surface area contributed by atoms with E-state index in [0.717, 1.165) is 5.69 Å². The molecule has 0 amide bonds. The number of hydrogen-bond donors (Lipinski definition) is 0. The predicted octanol–water partition coefficient (Wildman–Crippen LogP) is 2.83. The van der Waals surface area contributed by atoms with Crippen LogP contribution in [0.3, 0.4) is 0 Å². The molecule has 14 heavy (non-hydrogen) atoms. The minimum atomic E-state index is 0.119. The van der Waals surface area contributed by atoms with Crippen LogP contribution in [0.1, 0.15) is 13.8 Å². The van der Waals surface area contributed by atoms with Crippen molar-refractivity contribution < 1.29 is 4.74 Å². The lowest BCUT2D eigenvalue weighted by Gasteiger charge is -2.21. The van der Waals surface area contributed by atoms with E-state index >= 15 is 0 Å². The summed E-state index contributed by atoms with van der Waals surface area (Å²) in [6.45, 7) is 3.93. The molecule has 0 aliphatic rings. The fourth-order valence-electron chi connectivity index (χ4n) is 1.04. The van der Waals surface area contributed by atoms with Crippen LogP contribution in [0, 0.1) is 0 Å². The fourth-order valence-corrected chi connectivity index (χ4v) is 1.34. The Hall–Kier alpha value is -1.09. The Morgan fingerprint density at radius 2 is 1.86 bits per heavy atom. The molecule has 3 heteroatoms. The van der Waals surface area contributed by atoms with Crippen molar-refractivity contribution in [1.29, 1.82) is 0 Å². The number of ether oxygens (including phenoxy) is 1. The monoisotopic (exact) mass is 209 g/mol. The molecule has 1 aromatic carbocycles. The van der Waals surface area contributed by atoms with Gasteiger partial charge in [0.05, 0.1) is 6.10 Å². The van der Waals surface area contributed by atoms with Gasteiger partial charge in [-0.15, -0.1) is 0 Å². The molecule has 0 saturated carbocycles. The van der Waals surface area contributed by atoms with Gasteiger partial charge in [0.25, 0.3) is 5.17 Å². The Morgan fingerprint density at radius 1 is 1.29 bits per heavy atom. The van der Waals surface area contributed by atoms with E-state index in [1.165, 1.54) is 0 Å². The Kier molecular flexibility index (Phi) is 3.89. The van der Waals surface area contributed by atoms with E-state index in [1.807, 2.05) is 56.1 Å². The lowest BCUT2D eigenvalue weighted by molar-refractivity contribution is 0.230. The first kappa shape index (κ1) is 11.0. The van der Waals surface area contributed by atoms with Gasteiger partial charge in [0, 0.05) is 12.7 Å². The summed E-state index contributed by atoms with van der Waals surface area (Å²) in [6, 6.07) is 9.92. The molecule has 0 radical (unpaired) electrons. The highest BCUT2D eigenvalue weighted by Crippen LogP contribution is 2.12. The molecular weight excluding hydrogens is 194 g/mol. The Bertz CT molecular complexity index is 297. The third kappa shape index (κ3) is 3.00. The first-order chi connectivity index (χ1) is 6.61. The minimum absolute atomic E-state index is 0.119. The van der Waals surface area contributed by atoms with Gasteiger partial charge in [0.2, 0.25) is 0 Å². The van der Waals surface area contributed by atoms with Crippen molar-refractivity contribution in [3.63, 3.8) is 0 Å². The molecule has 0 aromatic heterocycles. The quantitative estimate of drug-likeness (QED) is 0.695. The van der Waals surface area contributed by atoms with Gasteiger partial charge in [-0.05, 0) is 38.2 Å². The van der Waals surface area contributed by atoms with Crippen molar-refractivity contribution >= 4 is 23.1 Å². The smallest absolute Gasteiger partial charge is 0.263 e. The molecule has 1 rings (SSSR count). The van der Waals surface area contributed by atoms with Gasteiger partial charge in [-0.2, -0.15) is 0 Å². The number of anilines is 1. The second-order valence-corrected chi connectivity index (χ2v) is 3.68. The largest absolute Gasteiger partial charge is 0.468 e. The fraction of sp³-hybridized carbons (Fsp3) is 0.364. The maximum Gasteiger partial charge on any atom is 0.263 e. The third-order valence-corrected chi connectivity index (χ3v) is 2.12. The van der Waals surface area contributed by atoms with Crippen molar-refractivity contribution in [2.24, 2.45) is 0 Å². The number of rotatable bonds is 2. The first-order valence-electron chi connectivity index (χ1n) is 4.60. The highest BCUT2D eigenvalue weighted by Gasteiger charge is 2.08. The molecule has 0 N–H and O–H groups in total. The second kappa shape index (κ2) is 4.96. The second-order valence-electron chi connectivity index (χ2n) is 3.33. The molecule has 0 aliphatic carbocycles. The Morgan fingerprint density at radius 3 is 2.36 bits per heavy atom. The summed E-state index contributed by atoms with van der Waals surface area (Å²) in [5.41, 5.74) is 1.04. The van der Waals surface area contributed by atoms with Crippen molar-refractivity contribution in [1.82, 2.24) is 0 Å². The van der Waals surface area contributed by atoms with Gasteiger partial charge in [0.15, 0.2) is 0 Å². The van der Waals surface area contributed by atoms with Crippen LogP contribution in [0.4, 0.5) is 5.69 Å². The van der Waals surface area contributed by atoms with Crippen LogP contribution in [0.5, 0.6) is 0 Å². The summed E-state index contributed by atoms with van der Waals surface area (Å²) in [4.78, 5) is 1.86. The van der Waals surface area contributed by atoms with Crippen LogP contribution < -0.4 is 4.90 Å². The van der Waals surface area contributed by atoms with E-state index < -0.39 is 0 Å². The lowest BCUT2D eigenvalue weighted by atomic mass is 10.3. The summed E-state index contributed by atoms with van der Waals surface area (Å²) < 4.78 is 5.42. The van der Waals surface area contributed by atoms with Crippen LogP contribution in [-0.2, 0) is 4.74 Å².